The van der Waals surface area contributed by atoms with Gasteiger partial charge in [0.25, 0.3) is 0 Å². The summed E-state index contributed by atoms with van der Waals surface area (Å²) in [6.45, 7) is 0. The van der Waals surface area contributed by atoms with Crippen LogP contribution in [0.4, 0.5) is 13.2 Å². The molecule has 0 amide bonds. The Morgan fingerprint density at radius 1 is 1.05 bits per heavy atom. The highest BCUT2D eigenvalue weighted by molar-refractivity contribution is 5.39. The standard InChI is InChI=1S/C16H14F3NO/c17-16(18,19)11-5-3-4-10(8-11)15-9-13(20)12-6-1-2-7-14(12)21-15/h1-8,13,15H,9,20H2/t13-,15?/m1/s1. The molecular formula is C16H14F3NO. The summed E-state index contributed by atoms with van der Waals surface area (Å²) in [5.41, 5.74) is 6.81. The van der Waals surface area contributed by atoms with E-state index in [4.69, 9.17) is 10.5 Å². The molecule has 2 nitrogen and oxygen atoms in total. The fraction of sp³-hybridized carbons (Fsp3) is 0.250. The lowest BCUT2D eigenvalue weighted by Crippen LogP contribution is -2.24. The molecule has 0 saturated heterocycles. The van der Waals surface area contributed by atoms with Gasteiger partial charge in [-0.2, -0.15) is 13.2 Å². The van der Waals surface area contributed by atoms with Gasteiger partial charge in [-0.1, -0.05) is 30.3 Å². The van der Waals surface area contributed by atoms with Crippen LogP contribution in [0.15, 0.2) is 48.5 Å². The van der Waals surface area contributed by atoms with E-state index in [9.17, 15) is 13.2 Å². The van der Waals surface area contributed by atoms with E-state index in [0.29, 0.717) is 17.7 Å². The van der Waals surface area contributed by atoms with Crippen LogP contribution in [0.25, 0.3) is 0 Å². The molecule has 0 spiro atoms. The van der Waals surface area contributed by atoms with Gasteiger partial charge in [0.15, 0.2) is 0 Å². The van der Waals surface area contributed by atoms with Crippen molar-refractivity contribution < 1.29 is 17.9 Å². The van der Waals surface area contributed by atoms with Crippen molar-refractivity contribution in [1.29, 1.82) is 0 Å². The van der Waals surface area contributed by atoms with Crippen molar-refractivity contribution in [2.45, 2.75) is 24.7 Å². The lowest BCUT2D eigenvalue weighted by molar-refractivity contribution is -0.137. The molecule has 1 heterocycles. The Kier molecular flexibility index (Phi) is 3.37. The van der Waals surface area contributed by atoms with Crippen LogP contribution >= 0.6 is 0 Å². The summed E-state index contributed by atoms with van der Waals surface area (Å²) >= 11 is 0. The van der Waals surface area contributed by atoms with E-state index in [1.807, 2.05) is 18.2 Å². The second-order valence-electron chi connectivity index (χ2n) is 5.11. The molecule has 1 aliphatic rings. The minimum Gasteiger partial charge on any atom is -0.485 e. The van der Waals surface area contributed by atoms with Crippen molar-refractivity contribution in [2.24, 2.45) is 5.73 Å². The average molecular weight is 293 g/mol. The number of hydrogen-bond acceptors (Lipinski definition) is 2. The van der Waals surface area contributed by atoms with E-state index in [1.54, 1.807) is 12.1 Å². The number of fused-ring (bicyclic) bond motifs is 1. The molecule has 1 unspecified atom stereocenters. The van der Waals surface area contributed by atoms with Crippen molar-refractivity contribution >= 4 is 0 Å². The molecule has 0 aromatic heterocycles. The summed E-state index contributed by atoms with van der Waals surface area (Å²) in [5, 5.41) is 0. The van der Waals surface area contributed by atoms with E-state index in [-0.39, 0.29) is 6.04 Å². The number of nitrogens with two attached hydrogens (primary N) is 1. The fourth-order valence-electron chi connectivity index (χ4n) is 2.57. The van der Waals surface area contributed by atoms with Gasteiger partial charge < -0.3 is 10.5 Å². The van der Waals surface area contributed by atoms with Gasteiger partial charge in [0.05, 0.1) is 5.56 Å². The van der Waals surface area contributed by atoms with Crippen LogP contribution in [0.2, 0.25) is 0 Å². The number of ether oxygens (including phenoxy) is 1. The van der Waals surface area contributed by atoms with Crippen molar-refractivity contribution in [3.63, 3.8) is 0 Å². The Morgan fingerprint density at radius 3 is 2.57 bits per heavy atom. The smallest absolute Gasteiger partial charge is 0.416 e. The first-order valence-electron chi connectivity index (χ1n) is 6.63. The van der Waals surface area contributed by atoms with Crippen LogP contribution in [0, 0.1) is 0 Å². The van der Waals surface area contributed by atoms with Crippen LogP contribution in [0.5, 0.6) is 5.75 Å². The fourth-order valence-corrected chi connectivity index (χ4v) is 2.57. The average Bonchev–Trinajstić information content (AvgIpc) is 2.46. The van der Waals surface area contributed by atoms with Crippen LogP contribution in [-0.4, -0.2) is 0 Å². The molecule has 2 N–H and O–H groups in total. The molecule has 2 aromatic rings. The van der Waals surface area contributed by atoms with E-state index in [2.05, 4.69) is 0 Å². The molecule has 1 aliphatic heterocycles. The number of rotatable bonds is 1. The van der Waals surface area contributed by atoms with Gasteiger partial charge in [-0.15, -0.1) is 0 Å². The molecule has 2 atom stereocenters. The van der Waals surface area contributed by atoms with Gasteiger partial charge in [0.1, 0.15) is 11.9 Å². The molecule has 0 radical (unpaired) electrons. The van der Waals surface area contributed by atoms with E-state index in [1.165, 1.54) is 6.07 Å². The van der Waals surface area contributed by atoms with E-state index >= 15 is 0 Å². The maximum Gasteiger partial charge on any atom is 0.416 e. The molecule has 21 heavy (non-hydrogen) atoms. The van der Waals surface area contributed by atoms with Gasteiger partial charge in [0.2, 0.25) is 0 Å². The van der Waals surface area contributed by atoms with E-state index in [0.717, 1.165) is 17.7 Å². The summed E-state index contributed by atoms with van der Waals surface area (Å²) < 4.78 is 44.2. The predicted octanol–water partition coefficient (Wildman–Crippen LogP) is 4.23. The zero-order valence-corrected chi connectivity index (χ0v) is 11.1. The Hall–Kier alpha value is -2.01. The highest BCUT2D eigenvalue weighted by Crippen LogP contribution is 2.40. The molecule has 5 heteroatoms. The minimum atomic E-state index is -4.36. The third-order valence-corrected chi connectivity index (χ3v) is 3.64. The predicted molar refractivity (Wildman–Crippen MR) is 72.8 cm³/mol. The summed E-state index contributed by atoms with van der Waals surface area (Å²) in [5.74, 6) is 0.638. The molecule has 2 aromatic carbocycles. The monoisotopic (exact) mass is 293 g/mol. The second-order valence-corrected chi connectivity index (χ2v) is 5.11. The van der Waals surface area contributed by atoms with Crippen molar-refractivity contribution in [3.8, 4) is 5.75 Å². The molecule has 0 fully saturated rings. The van der Waals surface area contributed by atoms with Crippen LogP contribution in [-0.2, 0) is 6.18 Å². The lowest BCUT2D eigenvalue weighted by Gasteiger charge is -2.30. The molecular weight excluding hydrogens is 279 g/mol. The third kappa shape index (κ3) is 2.74. The summed E-state index contributed by atoms with van der Waals surface area (Å²) in [4.78, 5) is 0. The van der Waals surface area contributed by atoms with Gasteiger partial charge in [-0.05, 0) is 23.8 Å². The van der Waals surface area contributed by atoms with Gasteiger partial charge in [-0.3, -0.25) is 0 Å². The van der Waals surface area contributed by atoms with Gasteiger partial charge >= 0.3 is 6.18 Å². The Balaban J connectivity index is 1.93. The molecule has 110 valence electrons. The molecule has 3 rings (SSSR count). The second kappa shape index (κ2) is 5.07. The molecule has 0 bridgehead atoms. The van der Waals surface area contributed by atoms with Crippen LogP contribution < -0.4 is 10.5 Å². The maximum atomic E-state index is 12.8. The topological polar surface area (TPSA) is 35.2 Å². The van der Waals surface area contributed by atoms with Crippen molar-refractivity contribution in [1.82, 2.24) is 0 Å². The van der Waals surface area contributed by atoms with Gasteiger partial charge in [0, 0.05) is 18.0 Å². The Bertz CT molecular complexity index is 654. The SMILES string of the molecule is N[C@@H]1CC(c2cccc(C(F)(F)F)c2)Oc2ccccc21. The third-order valence-electron chi connectivity index (χ3n) is 3.64. The number of para-hydroxylation sites is 1. The first-order valence-corrected chi connectivity index (χ1v) is 6.63. The number of halogens is 3. The van der Waals surface area contributed by atoms with Crippen LogP contribution in [0.3, 0.4) is 0 Å². The van der Waals surface area contributed by atoms with Crippen LogP contribution in [0.1, 0.15) is 35.3 Å². The van der Waals surface area contributed by atoms with Gasteiger partial charge in [-0.25, -0.2) is 0 Å². The largest absolute Gasteiger partial charge is 0.485 e. The van der Waals surface area contributed by atoms with Crippen molar-refractivity contribution in [2.75, 3.05) is 0 Å². The number of alkyl halides is 3. The quantitative estimate of drug-likeness (QED) is 0.854. The molecule has 0 aliphatic carbocycles. The minimum absolute atomic E-state index is 0.241. The van der Waals surface area contributed by atoms with E-state index < -0.39 is 17.8 Å². The first kappa shape index (κ1) is 13.9. The highest BCUT2D eigenvalue weighted by atomic mass is 19.4. The zero-order chi connectivity index (χ0) is 15.0. The van der Waals surface area contributed by atoms with Crippen molar-refractivity contribution in [3.05, 3.63) is 65.2 Å². The summed E-state index contributed by atoms with van der Waals surface area (Å²) in [7, 11) is 0. The number of hydrogen-bond donors (Lipinski definition) is 1. The summed E-state index contributed by atoms with van der Waals surface area (Å²) in [6, 6.07) is 12.3. The summed E-state index contributed by atoms with van der Waals surface area (Å²) in [6.07, 6.45) is -4.36. The molecule has 0 saturated carbocycles. The first-order chi connectivity index (χ1) is 9.95. The lowest BCUT2D eigenvalue weighted by atomic mass is 9.93. The Labute approximate surface area is 120 Å². The Morgan fingerprint density at radius 2 is 1.81 bits per heavy atom. The zero-order valence-electron chi connectivity index (χ0n) is 11.1. The highest BCUT2D eigenvalue weighted by Gasteiger charge is 2.32. The number of benzene rings is 2. The maximum absolute atomic E-state index is 12.8. The normalized spacial score (nSPS) is 21.5.